The Bertz CT molecular complexity index is 1800. The lowest BCUT2D eigenvalue weighted by atomic mass is 9.87. The number of hydrogen-bond donors (Lipinski definition) is 1. The molecule has 0 aliphatic heterocycles. The molecule has 0 spiro atoms. The summed E-state index contributed by atoms with van der Waals surface area (Å²) in [5.74, 6) is -3.32. The van der Waals surface area contributed by atoms with E-state index in [1.165, 1.54) is 30.5 Å². The van der Waals surface area contributed by atoms with E-state index in [0.717, 1.165) is 47.8 Å². The Balaban J connectivity index is 1.83. The van der Waals surface area contributed by atoms with Crippen LogP contribution in [0, 0.1) is 24.4 Å². The predicted molar refractivity (Wildman–Crippen MR) is 195 cm³/mol. The van der Waals surface area contributed by atoms with Crippen molar-refractivity contribution in [2.45, 2.75) is 89.6 Å². The zero-order chi connectivity index (χ0) is 37.2. The standard InChI is InChI=1S/C41H50F3N3O4/c1-7-10-11-12-14-29-21-31(42)19-26(4)38(29)30-22-32(28-15-16-28)39(44)33(23-30)35(24-37(48)51-9-3)45-40(49)36(13-8-2)47-25-27(17-18-46(5)6)20-34(43)41(47)50/h7-8,19-23,25,28,35-36H,1-2,9-18,24H2,3-6H3,(H,45,49)/t35-,36-/m0/s1. The van der Waals surface area contributed by atoms with E-state index in [4.69, 9.17) is 4.74 Å². The molecule has 1 saturated carbocycles. The number of amides is 1. The Morgan fingerprint density at radius 2 is 1.80 bits per heavy atom. The normalized spacial score (nSPS) is 13.9. The molecule has 0 bridgehead atoms. The van der Waals surface area contributed by atoms with Gasteiger partial charge >= 0.3 is 5.97 Å². The fourth-order valence-corrected chi connectivity index (χ4v) is 6.53. The first-order chi connectivity index (χ1) is 24.4. The van der Waals surface area contributed by atoms with E-state index >= 15 is 4.39 Å². The predicted octanol–water partition coefficient (Wildman–Crippen LogP) is 8.05. The minimum absolute atomic E-state index is 0.0335. The first-order valence-corrected chi connectivity index (χ1v) is 17.7. The van der Waals surface area contributed by atoms with E-state index in [1.54, 1.807) is 19.1 Å². The molecule has 2 aromatic carbocycles. The van der Waals surface area contributed by atoms with Crippen LogP contribution in [0.5, 0.6) is 0 Å². The molecule has 10 heteroatoms. The number of pyridine rings is 1. The van der Waals surface area contributed by atoms with Crippen LogP contribution >= 0.6 is 0 Å². The molecule has 1 amide bonds. The van der Waals surface area contributed by atoms with Crippen LogP contribution in [0.15, 0.2) is 66.6 Å². The number of nitrogens with one attached hydrogen (secondary N) is 1. The molecule has 274 valence electrons. The second-order valence-corrected chi connectivity index (χ2v) is 13.6. The number of carbonyl (C=O) groups is 2. The van der Waals surface area contributed by atoms with Crippen LogP contribution in [0.25, 0.3) is 11.1 Å². The largest absolute Gasteiger partial charge is 0.466 e. The Labute approximate surface area is 299 Å². The van der Waals surface area contributed by atoms with Crippen LogP contribution in [-0.4, -0.2) is 48.6 Å². The van der Waals surface area contributed by atoms with Crippen LogP contribution in [0.2, 0.25) is 0 Å². The van der Waals surface area contributed by atoms with Crippen LogP contribution in [0.1, 0.15) is 97.7 Å². The maximum Gasteiger partial charge on any atom is 0.308 e. The van der Waals surface area contributed by atoms with Gasteiger partial charge in [0.1, 0.15) is 17.7 Å². The molecule has 4 rings (SSSR count). The molecule has 51 heavy (non-hydrogen) atoms. The number of carbonyl (C=O) groups excluding carboxylic acids is 2. The molecule has 3 aromatic rings. The maximum absolute atomic E-state index is 16.6. The van der Waals surface area contributed by atoms with Crippen LogP contribution in [0.3, 0.4) is 0 Å². The molecule has 0 saturated heterocycles. The highest BCUT2D eigenvalue weighted by molar-refractivity contribution is 5.82. The van der Waals surface area contributed by atoms with E-state index in [-0.39, 0.29) is 30.3 Å². The number of allylic oxidation sites excluding steroid dienone is 2. The van der Waals surface area contributed by atoms with Crippen molar-refractivity contribution in [2.24, 2.45) is 0 Å². The van der Waals surface area contributed by atoms with Gasteiger partial charge in [0.05, 0.1) is 19.1 Å². The summed E-state index contributed by atoms with van der Waals surface area (Å²) in [6.45, 7) is 11.6. The number of nitrogens with zero attached hydrogens (tertiary/aromatic N) is 2. The van der Waals surface area contributed by atoms with Gasteiger partial charge in [-0.1, -0.05) is 12.2 Å². The molecular weight excluding hydrogens is 655 g/mol. The molecule has 2 atom stereocenters. The smallest absolute Gasteiger partial charge is 0.308 e. The van der Waals surface area contributed by atoms with Crippen molar-refractivity contribution in [1.29, 1.82) is 0 Å². The fraction of sp³-hybridized carbons (Fsp3) is 0.439. The average Bonchev–Trinajstić information content (AvgIpc) is 3.92. The number of ether oxygens (including phenoxy) is 1. The average molecular weight is 706 g/mol. The third-order valence-electron chi connectivity index (χ3n) is 9.22. The Morgan fingerprint density at radius 3 is 2.45 bits per heavy atom. The summed E-state index contributed by atoms with van der Waals surface area (Å²) in [6.07, 6.45) is 9.43. The lowest BCUT2D eigenvalue weighted by Gasteiger charge is -2.26. The number of aryl methyl sites for hydroxylation is 2. The fourth-order valence-electron chi connectivity index (χ4n) is 6.53. The second kappa shape index (κ2) is 18.2. The quantitative estimate of drug-likeness (QED) is 0.0776. The van der Waals surface area contributed by atoms with Gasteiger partial charge in [0.15, 0.2) is 5.82 Å². The van der Waals surface area contributed by atoms with Crippen molar-refractivity contribution in [2.75, 3.05) is 27.2 Å². The Kier molecular flexibility index (Phi) is 14.0. The Morgan fingerprint density at radius 1 is 1.06 bits per heavy atom. The van der Waals surface area contributed by atoms with Crippen LogP contribution in [0.4, 0.5) is 13.2 Å². The summed E-state index contributed by atoms with van der Waals surface area (Å²) < 4.78 is 52.6. The van der Waals surface area contributed by atoms with Gasteiger partial charge in [-0.15, -0.1) is 13.2 Å². The number of esters is 1. The van der Waals surface area contributed by atoms with E-state index in [2.05, 4.69) is 18.5 Å². The van der Waals surface area contributed by atoms with Crippen molar-refractivity contribution in [1.82, 2.24) is 14.8 Å². The van der Waals surface area contributed by atoms with E-state index in [9.17, 15) is 23.2 Å². The summed E-state index contributed by atoms with van der Waals surface area (Å²) in [5, 5.41) is 2.83. The highest BCUT2D eigenvalue weighted by Crippen LogP contribution is 2.45. The molecule has 1 aromatic heterocycles. The number of hydrogen-bond acceptors (Lipinski definition) is 5. The third kappa shape index (κ3) is 10.3. The molecule has 1 N–H and O–H groups in total. The van der Waals surface area contributed by atoms with Gasteiger partial charge < -0.3 is 15.0 Å². The summed E-state index contributed by atoms with van der Waals surface area (Å²) in [7, 11) is 3.74. The summed E-state index contributed by atoms with van der Waals surface area (Å²) in [4.78, 5) is 42.1. The SMILES string of the molecule is C=CCCCCc1cc(F)cc(C)c1-c1cc(C2CC2)c(F)c([C@H](CC(=O)OCC)NC(=O)[C@H](CC=C)n2cc(CCN(C)C)cc(F)c2=O)c1. The van der Waals surface area contributed by atoms with Crippen molar-refractivity contribution >= 4 is 11.9 Å². The summed E-state index contributed by atoms with van der Waals surface area (Å²) in [6, 6.07) is 5.12. The summed E-state index contributed by atoms with van der Waals surface area (Å²) >= 11 is 0. The van der Waals surface area contributed by atoms with Gasteiger partial charge in [-0.05, 0) is 149 Å². The van der Waals surface area contributed by atoms with Crippen molar-refractivity contribution in [3.63, 3.8) is 0 Å². The van der Waals surface area contributed by atoms with E-state index < -0.39 is 47.6 Å². The molecule has 1 fully saturated rings. The molecular formula is C41H50F3N3O4. The van der Waals surface area contributed by atoms with Crippen molar-refractivity contribution in [3.05, 3.63) is 117 Å². The first kappa shape index (κ1) is 39.3. The van der Waals surface area contributed by atoms with Crippen molar-refractivity contribution in [3.8, 4) is 11.1 Å². The zero-order valence-corrected chi connectivity index (χ0v) is 30.2. The van der Waals surface area contributed by atoms with Gasteiger partial charge in [0, 0.05) is 18.3 Å². The number of halogens is 3. The first-order valence-electron chi connectivity index (χ1n) is 17.7. The number of unbranched alkanes of at least 4 members (excludes halogenated alkanes) is 2. The number of aromatic nitrogens is 1. The maximum atomic E-state index is 16.6. The highest BCUT2D eigenvalue weighted by atomic mass is 19.1. The lowest BCUT2D eigenvalue weighted by molar-refractivity contribution is -0.144. The van der Waals surface area contributed by atoms with E-state index in [0.29, 0.717) is 41.6 Å². The van der Waals surface area contributed by atoms with Crippen LogP contribution < -0.4 is 10.9 Å². The minimum atomic E-state index is -1.23. The monoisotopic (exact) mass is 705 g/mol. The third-order valence-corrected chi connectivity index (χ3v) is 9.22. The second-order valence-electron chi connectivity index (χ2n) is 13.6. The Hall–Kier alpha value is -4.44. The van der Waals surface area contributed by atoms with Crippen LogP contribution in [-0.2, 0) is 27.2 Å². The van der Waals surface area contributed by atoms with Gasteiger partial charge in [0.25, 0.3) is 5.56 Å². The zero-order valence-electron chi connectivity index (χ0n) is 30.2. The van der Waals surface area contributed by atoms with Crippen molar-refractivity contribution < 1.29 is 27.5 Å². The van der Waals surface area contributed by atoms with Gasteiger partial charge in [0.2, 0.25) is 5.91 Å². The topological polar surface area (TPSA) is 80.6 Å². The number of benzene rings is 2. The lowest BCUT2D eigenvalue weighted by Crippen LogP contribution is -2.40. The molecule has 1 aliphatic rings. The molecule has 1 aliphatic carbocycles. The van der Waals surface area contributed by atoms with Gasteiger partial charge in [-0.3, -0.25) is 19.0 Å². The molecule has 7 nitrogen and oxygen atoms in total. The van der Waals surface area contributed by atoms with E-state index in [1.807, 2.05) is 32.0 Å². The number of rotatable bonds is 19. The number of likely N-dealkylation sites (N-methyl/N-ethyl adjacent to an activating group) is 1. The molecule has 1 heterocycles. The highest BCUT2D eigenvalue weighted by Gasteiger charge is 2.33. The minimum Gasteiger partial charge on any atom is -0.466 e. The van der Waals surface area contributed by atoms with Gasteiger partial charge in [-0.25, -0.2) is 13.2 Å². The molecule has 0 radical (unpaired) electrons. The summed E-state index contributed by atoms with van der Waals surface area (Å²) in [5.41, 5.74) is 2.97. The molecule has 0 unspecified atom stereocenters. The van der Waals surface area contributed by atoms with Gasteiger partial charge in [-0.2, -0.15) is 0 Å².